The van der Waals surface area contributed by atoms with E-state index in [1.807, 2.05) is 30.3 Å². The number of benzene rings is 1. The third-order valence-corrected chi connectivity index (χ3v) is 11.9. The molecule has 56 heavy (non-hydrogen) atoms. The molecule has 2 aliphatic carbocycles. The van der Waals surface area contributed by atoms with Crippen molar-refractivity contribution >= 4 is 44.6 Å². The summed E-state index contributed by atoms with van der Waals surface area (Å²) in [7, 11) is -2.35. The Labute approximate surface area is 327 Å². The fraction of sp³-hybridized carbons (Fsp3) is 0.500. The molecule has 2 saturated carbocycles. The molecule has 4 amide bonds. The normalized spacial score (nSPS) is 22.8. The Morgan fingerprint density at radius 3 is 2.32 bits per heavy atom. The first-order chi connectivity index (χ1) is 26.2. The number of fused-ring (bicyclic) bond motifs is 1. The molecule has 1 aliphatic heterocycles. The smallest absolute Gasteiger partial charge is 0.408 e. The minimum absolute atomic E-state index is 0.0173. The molecule has 3 fully saturated rings. The highest BCUT2D eigenvalue weighted by Crippen LogP contribution is 2.46. The van der Waals surface area contributed by atoms with Crippen molar-refractivity contribution in [2.45, 2.75) is 102 Å². The van der Waals surface area contributed by atoms with Gasteiger partial charge in [-0.05, 0) is 87.2 Å². The molecule has 0 bridgehead atoms. The number of methoxy groups -OCH3 is 1. The van der Waals surface area contributed by atoms with E-state index in [0.29, 0.717) is 29.7 Å². The molecule has 15 nitrogen and oxygen atoms in total. The third kappa shape index (κ3) is 8.74. The van der Waals surface area contributed by atoms with Gasteiger partial charge in [-0.15, -0.1) is 6.58 Å². The van der Waals surface area contributed by atoms with Crippen LogP contribution in [-0.2, 0) is 29.1 Å². The average molecular weight is 791 g/mol. The molecule has 3 heterocycles. The highest BCUT2D eigenvalue weighted by molar-refractivity contribution is 7.91. The number of aromatic nitrogens is 2. The second-order valence-corrected chi connectivity index (χ2v) is 18.7. The van der Waals surface area contributed by atoms with Crippen LogP contribution >= 0.6 is 0 Å². The maximum atomic E-state index is 14.6. The van der Waals surface area contributed by atoms with Crippen molar-refractivity contribution < 1.29 is 41.8 Å². The molecule has 300 valence electrons. The largest absolute Gasteiger partial charge is 0.497 e. The molecule has 3 aromatic rings. The van der Waals surface area contributed by atoms with Gasteiger partial charge in [0.15, 0.2) is 0 Å². The van der Waals surface area contributed by atoms with Gasteiger partial charge in [-0.25, -0.2) is 18.2 Å². The lowest BCUT2D eigenvalue weighted by atomic mass is 9.85. The summed E-state index contributed by atoms with van der Waals surface area (Å²) in [6.45, 7) is 14.1. The summed E-state index contributed by atoms with van der Waals surface area (Å²) in [5, 5.41) is 6.29. The van der Waals surface area contributed by atoms with Crippen molar-refractivity contribution in [3.8, 4) is 22.9 Å². The van der Waals surface area contributed by atoms with Gasteiger partial charge in [-0.2, -0.15) is 0 Å². The van der Waals surface area contributed by atoms with Crippen molar-refractivity contribution in [3.63, 3.8) is 0 Å². The number of amides is 4. The highest BCUT2D eigenvalue weighted by Gasteiger charge is 2.62. The minimum Gasteiger partial charge on any atom is -0.497 e. The minimum atomic E-state index is -3.92. The lowest BCUT2D eigenvalue weighted by molar-refractivity contribution is -0.143. The standard InChI is InChI=1S/C40H50N6O9S/c1-9-25-21-40(25,36(49)45-56(51,52)28-11-12-28)44-33(47)31-20-27(22-46(31)35(48)32(38(2,3)4)43-37(50)55-39(5,6)7)54-34-29-13-10-26(53-8)18-24(29)19-30(42-34)23-14-16-41-17-15-23/h9-10,13-19,25,27-28,31-32H,1,11-12,20-22H2,2-8H3,(H,43,50)(H,44,47)(H,45,49)/t25-,27+,31-,32+,40+/m0/s1. The summed E-state index contributed by atoms with van der Waals surface area (Å²) in [5.41, 5.74) is -1.89. The van der Waals surface area contributed by atoms with Gasteiger partial charge in [0, 0.05) is 35.7 Å². The van der Waals surface area contributed by atoms with Crippen LogP contribution in [0.25, 0.3) is 22.0 Å². The van der Waals surface area contributed by atoms with E-state index in [2.05, 4.69) is 26.9 Å². The number of hydrogen-bond donors (Lipinski definition) is 3. The zero-order chi connectivity index (χ0) is 40.8. The number of nitrogens with zero attached hydrogens (tertiary/aromatic N) is 3. The number of nitrogens with one attached hydrogen (secondary N) is 3. The summed E-state index contributed by atoms with van der Waals surface area (Å²) in [6.07, 6.45) is 4.21. The zero-order valence-corrected chi connectivity index (χ0v) is 33.6. The van der Waals surface area contributed by atoms with E-state index in [9.17, 15) is 27.6 Å². The SMILES string of the molecule is C=C[C@H]1C[C@]1(NC(=O)[C@@H]1C[C@@H](Oc2nc(-c3ccncc3)cc3cc(OC)ccc23)CN1C(=O)[C@@H](NC(=O)OC(C)(C)C)C(C)(C)C)C(=O)NS(=O)(=O)C1CC1. The molecule has 3 N–H and O–H groups in total. The molecular formula is C40H50N6O9S. The van der Waals surface area contributed by atoms with Crippen molar-refractivity contribution in [2.24, 2.45) is 11.3 Å². The topological polar surface area (TPSA) is 195 Å². The lowest BCUT2D eigenvalue weighted by Crippen LogP contribution is -2.60. The fourth-order valence-electron chi connectivity index (χ4n) is 6.88. The summed E-state index contributed by atoms with van der Waals surface area (Å²) < 4.78 is 45.3. The number of ether oxygens (including phenoxy) is 3. The number of hydrogen-bond acceptors (Lipinski definition) is 11. The Hall–Kier alpha value is -5.25. The molecule has 0 unspecified atom stereocenters. The quantitative estimate of drug-likeness (QED) is 0.222. The fourth-order valence-corrected chi connectivity index (χ4v) is 8.25. The van der Waals surface area contributed by atoms with Crippen molar-refractivity contribution in [3.05, 3.63) is 61.4 Å². The molecule has 0 spiro atoms. The van der Waals surface area contributed by atoms with Crippen LogP contribution in [-0.4, -0.2) is 95.3 Å². The van der Waals surface area contributed by atoms with Gasteiger partial charge in [-0.1, -0.05) is 26.8 Å². The first kappa shape index (κ1) is 40.4. The summed E-state index contributed by atoms with van der Waals surface area (Å²) in [4.78, 5) is 66.0. The third-order valence-electron chi connectivity index (χ3n) is 10.1. The summed E-state index contributed by atoms with van der Waals surface area (Å²) >= 11 is 0. The van der Waals surface area contributed by atoms with Crippen LogP contribution in [0.15, 0.2) is 61.4 Å². The maximum absolute atomic E-state index is 14.6. The van der Waals surface area contributed by atoms with Gasteiger partial charge in [0.1, 0.15) is 35.1 Å². The van der Waals surface area contributed by atoms with Crippen molar-refractivity contribution in [1.82, 2.24) is 30.2 Å². The molecule has 5 atom stereocenters. The van der Waals surface area contributed by atoms with E-state index < -0.39 is 79.7 Å². The van der Waals surface area contributed by atoms with E-state index in [1.54, 1.807) is 67.1 Å². The predicted octanol–water partition coefficient (Wildman–Crippen LogP) is 4.26. The second-order valence-electron chi connectivity index (χ2n) is 16.7. The molecule has 1 aromatic carbocycles. The van der Waals surface area contributed by atoms with E-state index in [0.717, 1.165) is 10.9 Å². The Kier molecular flexibility index (Phi) is 10.8. The Balaban J connectivity index is 1.34. The number of carbonyl (C=O) groups excluding carboxylic acids is 4. The van der Waals surface area contributed by atoms with Crippen LogP contribution in [0.2, 0.25) is 0 Å². The Morgan fingerprint density at radius 2 is 1.73 bits per heavy atom. The zero-order valence-electron chi connectivity index (χ0n) is 32.7. The number of pyridine rings is 2. The van der Waals surface area contributed by atoms with Gasteiger partial charge in [0.05, 0.1) is 24.6 Å². The van der Waals surface area contributed by atoms with Crippen molar-refractivity contribution in [2.75, 3.05) is 13.7 Å². The van der Waals surface area contributed by atoms with Crippen molar-refractivity contribution in [1.29, 1.82) is 0 Å². The van der Waals surface area contributed by atoms with Gasteiger partial charge < -0.3 is 29.7 Å². The number of carbonyl (C=O) groups is 4. The second kappa shape index (κ2) is 15.0. The van der Waals surface area contributed by atoms with Crippen LogP contribution < -0.4 is 24.8 Å². The first-order valence-electron chi connectivity index (χ1n) is 18.6. The maximum Gasteiger partial charge on any atom is 0.408 e. The van der Waals surface area contributed by atoms with E-state index in [4.69, 9.17) is 19.2 Å². The monoisotopic (exact) mass is 790 g/mol. The number of likely N-dealkylation sites (tertiary alicyclic amines) is 1. The molecule has 6 rings (SSSR count). The number of rotatable bonds is 12. The van der Waals surface area contributed by atoms with Crippen LogP contribution in [0.1, 0.15) is 67.2 Å². The molecule has 16 heteroatoms. The predicted molar refractivity (Wildman–Crippen MR) is 208 cm³/mol. The van der Waals surface area contributed by atoms with Crippen LogP contribution in [0, 0.1) is 11.3 Å². The highest BCUT2D eigenvalue weighted by atomic mass is 32.2. The van der Waals surface area contributed by atoms with Gasteiger partial charge >= 0.3 is 6.09 Å². The molecule has 2 aromatic heterocycles. The van der Waals surface area contributed by atoms with E-state index in [-0.39, 0.29) is 25.3 Å². The Bertz CT molecular complexity index is 2150. The lowest BCUT2D eigenvalue weighted by Gasteiger charge is -2.36. The van der Waals surface area contributed by atoms with Gasteiger partial charge in [0.25, 0.3) is 5.91 Å². The Morgan fingerprint density at radius 1 is 1.04 bits per heavy atom. The van der Waals surface area contributed by atoms with Gasteiger partial charge in [-0.3, -0.25) is 24.1 Å². The van der Waals surface area contributed by atoms with E-state index in [1.165, 1.54) is 11.0 Å². The summed E-state index contributed by atoms with van der Waals surface area (Å²) in [6, 6.07) is 8.64. The number of sulfonamides is 1. The molecule has 3 aliphatic rings. The molecular weight excluding hydrogens is 741 g/mol. The van der Waals surface area contributed by atoms with Crippen LogP contribution in [0.4, 0.5) is 4.79 Å². The number of alkyl carbamates (subject to hydrolysis) is 1. The molecule has 0 radical (unpaired) electrons. The van der Waals surface area contributed by atoms with Crippen LogP contribution in [0.3, 0.4) is 0 Å². The first-order valence-corrected chi connectivity index (χ1v) is 20.2. The van der Waals surface area contributed by atoms with Crippen LogP contribution in [0.5, 0.6) is 11.6 Å². The van der Waals surface area contributed by atoms with Gasteiger partial charge in [0.2, 0.25) is 27.7 Å². The molecule has 1 saturated heterocycles. The average Bonchev–Trinajstić information content (AvgIpc) is 4.06. The summed E-state index contributed by atoms with van der Waals surface area (Å²) in [5.74, 6) is -1.79. The van der Waals surface area contributed by atoms with E-state index >= 15 is 0 Å².